The topological polar surface area (TPSA) is 65.8 Å². The summed E-state index contributed by atoms with van der Waals surface area (Å²) in [5.74, 6) is -0.269. The summed E-state index contributed by atoms with van der Waals surface area (Å²) in [7, 11) is 0. The van der Waals surface area contributed by atoms with Crippen LogP contribution in [0.3, 0.4) is 0 Å². The van der Waals surface area contributed by atoms with E-state index in [1.807, 2.05) is 13.0 Å². The summed E-state index contributed by atoms with van der Waals surface area (Å²) in [4.78, 5) is 15.6. The Morgan fingerprint density at radius 1 is 1.75 bits per heavy atom. The summed E-state index contributed by atoms with van der Waals surface area (Å²) in [6.45, 7) is 1.91. The highest BCUT2D eigenvalue weighted by Crippen LogP contribution is 2.13. The molecule has 1 unspecified atom stereocenters. The smallest absolute Gasteiger partial charge is 0.253 e. The largest absolute Gasteiger partial charge is 0.348 e. The summed E-state index contributed by atoms with van der Waals surface area (Å²) in [6.07, 6.45) is 3.93. The van der Waals surface area contributed by atoms with Gasteiger partial charge in [0.15, 0.2) is 0 Å². The molecule has 1 rings (SSSR count). The first-order valence-electron chi connectivity index (χ1n) is 4.96. The highest BCUT2D eigenvalue weighted by Gasteiger charge is 2.14. The quantitative estimate of drug-likeness (QED) is 0.873. The van der Waals surface area contributed by atoms with Gasteiger partial charge in [-0.25, -0.2) is 0 Å². The minimum atomic E-state index is -0.269. The van der Waals surface area contributed by atoms with Gasteiger partial charge < -0.3 is 5.32 Å². The number of nitrogens with zero attached hydrogens (tertiary/aromatic N) is 2. The summed E-state index contributed by atoms with van der Waals surface area (Å²) in [5, 5.41) is 11.6. The van der Waals surface area contributed by atoms with Gasteiger partial charge in [0, 0.05) is 18.4 Å². The number of carbonyl (C=O) groups excluding carboxylic acids is 1. The zero-order chi connectivity index (χ0) is 12.0. The molecule has 0 aliphatic carbocycles. The molecule has 0 saturated heterocycles. The highest BCUT2D eigenvalue weighted by molar-refractivity contribution is 6.33. The van der Waals surface area contributed by atoms with Crippen molar-refractivity contribution in [2.45, 2.75) is 25.8 Å². The first-order chi connectivity index (χ1) is 7.69. The van der Waals surface area contributed by atoms with Crippen LogP contribution in [0.15, 0.2) is 18.5 Å². The minimum Gasteiger partial charge on any atom is -0.348 e. The van der Waals surface area contributed by atoms with Gasteiger partial charge in [-0.1, -0.05) is 18.5 Å². The maximum Gasteiger partial charge on any atom is 0.253 e. The molecule has 1 atom stereocenters. The van der Waals surface area contributed by atoms with Crippen LogP contribution in [0.1, 0.15) is 30.1 Å². The number of nitriles is 1. The summed E-state index contributed by atoms with van der Waals surface area (Å²) in [6, 6.07) is 3.45. The predicted molar refractivity (Wildman–Crippen MR) is 61.0 cm³/mol. The molecule has 5 heteroatoms. The van der Waals surface area contributed by atoms with Crippen molar-refractivity contribution < 1.29 is 4.79 Å². The first-order valence-corrected chi connectivity index (χ1v) is 5.34. The van der Waals surface area contributed by atoms with Crippen molar-refractivity contribution in [3.05, 3.63) is 29.0 Å². The van der Waals surface area contributed by atoms with Crippen LogP contribution in [0.4, 0.5) is 0 Å². The molecule has 0 fully saturated rings. The van der Waals surface area contributed by atoms with E-state index in [1.54, 1.807) is 6.07 Å². The molecule has 0 aliphatic rings. The van der Waals surface area contributed by atoms with Crippen molar-refractivity contribution in [3.63, 3.8) is 0 Å². The number of nitrogens with one attached hydrogen (secondary N) is 1. The molecule has 0 bridgehead atoms. The first kappa shape index (κ1) is 12.5. The number of carbonyl (C=O) groups is 1. The second-order valence-electron chi connectivity index (χ2n) is 3.30. The lowest BCUT2D eigenvalue weighted by Crippen LogP contribution is -2.34. The number of hydrogen-bond donors (Lipinski definition) is 1. The van der Waals surface area contributed by atoms with E-state index in [4.69, 9.17) is 16.9 Å². The lowest BCUT2D eigenvalue weighted by atomic mass is 10.1. The summed E-state index contributed by atoms with van der Waals surface area (Å²) in [5.41, 5.74) is 0.382. The van der Waals surface area contributed by atoms with Gasteiger partial charge in [-0.2, -0.15) is 5.26 Å². The number of rotatable bonds is 4. The number of halogens is 1. The van der Waals surface area contributed by atoms with E-state index in [0.29, 0.717) is 23.4 Å². The average Bonchev–Trinajstić information content (AvgIpc) is 2.28. The van der Waals surface area contributed by atoms with Gasteiger partial charge >= 0.3 is 0 Å². The molecular formula is C11H12ClN3O. The zero-order valence-corrected chi connectivity index (χ0v) is 9.66. The molecule has 4 nitrogen and oxygen atoms in total. The van der Waals surface area contributed by atoms with Gasteiger partial charge in [-0.15, -0.1) is 0 Å². The van der Waals surface area contributed by atoms with Gasteiger partial charge in [0.1, 0.15) is 0 Å². The average molecular weight is 238 g/mol. The molecule has 16 heavy (non-hydrogen) atoms. The monoisotopic (exact) mass is 237 g/mol. The molecule has 0 radical (unpaired) electrons. The molecular weight excluding hydrogens is 226 g/mol. The number of pyridine rings is 1. The van der Waals surface area contributed by atoms with E-state index in [-0.39, 0.29) is 11.9 Å². The van der Waals surface area contributed by atoms with E-state index in [1.165, 1.54) is 12.4 Å². The third-order valence-corrected chi connectivity index (χ3v) is 2.48. The van der Waals surface area contributed by atoms with E-state index < -0.39 is 0 Å². The maximum atomic E-state index is 11.8. The Hall–Kier alpha value is -1.60. The van der Waals surface area contributed by atoms with Gasteiger partial charge in [-0.05, 0) is 12.5 Å². The third-order valence-electron chi connectivity index (χ3n) is 2.18. The fourth-order valence-electron chi connectivity index (χ4n) is 1.23. The van der Waals surface area contributed by atoms with Crippen LogP contribution in [0, 0.1) is 11.3 Å². The number of hydrogen-bond acceptors (Lipinski definition) is 3. The molecule has 1 aromatic heterocycles. The van der Waals surface area contributed by atoms with Crippen LogP contribution in [-0.2, 0) is 0 Å². The van der Waals surface area contributed by atoms with Gasteiger partial charge in [0.25, 0.3) is 5.91 Å². The van der Waals surface area contributed by atoms with Crippen molar-refractivity contribution in [1.29, 1.82) is 5.26 Å². The molecule has 84 valence electrons. The second kappa shape index (κ2) is 6.09. The Balaban J connectivity index is 2.73. The highest BCUT2D eigenvalue weighted by atomic mass is 35.5. The van der Waals surface area contributed by atoms with Gasteiger partial charge in [0.05, 0.1) is 23.1 Å². The minimum absolute atomic E-state index is 0.137. The Morgan fingerprint density at radius 2 is 2.50 bits per heavy atom. The van der Waals surface area contributed by atoms with E-state index in [9.17, 15) is 4.79 Å². The molecule has 0 saturated carbocycles. The molecule has 1 aromatic rings. The zero-order valence-electron chi connectivity index (χ0n) is 8.90. The molecule has 0 aromatic carbocycles. The van der Waals surface area contributed by atoms with Crippen LogP contribution in [0.25, 0.3) is 0 Å². The van der Waals surface area contributed by atoms with Crippen LogP contribution in [0.5, 0.6) is 0 Å². The van der Waals surface area contributed by atoms with E-state index in [0.717, 1.165) is 0 Å². The molecule has 1 amide bonds. The lowest BCUT2D eigenvalue weighted by Gasteiger charge is -2.13. The summed E-state index contributed by atoms with van der Waals surface area (Å²) >= 11 is 5.83. The maximum absolute atomic E-state index is 11.8. The van der Waals surface area contributed by atoms with Crippen LogP contribution in [0.2, 0.25) is 5.02 Å². The van der Waals surface area contributed by atoms with E-state index in [2.05, 4.69) is 10.3 Å². The molecule has 1 N–H and O–H groups in total. The lowest BCUT2D eigenvalue weighted by molar-refractivity contribution is 0.0936. The normalized spacial score (nSPS) is 11.6. The third kappa shape index (κ3) is 3.21. The SMILES string of the molecule is CCC(CC#N)NC(=O)c1ccncc1Cl. The van der Waals surface area contributed by atoms with Gasteiger partial charge in [-0.3, -0.25) is 9.78 Å². The Morgan fingerprint density at radius 3 is 3.06 bits per heavy atom. The fourth-order valence-corrected chi connectivity index (χ4v) is 1.44. The number of aromatic nitrogens is 1. The van der Waals surface area contributed by atoms with E-state index >= 15 is 0 Å². The van der Waals surface area contributed by atoms with Crippen molar-refractivity contribution >= 4 is 17.5 Å². The Bertz CT molecular complexity index is 414. The molecule has 0 spiro atoms. The summed E-state index contributed by atoms with van der Waals surface area (Å²) < 4.78 is 0. The molecule has 0 aliphatic heterocycles. The van der Waals surface area contributed by atoms with Crippen molar-refractivity contribution in [3.8, 4) is 6.07 Å². The molecule has 1 heterocycles. The second-order valence-corrected chi connectivity index (χ2v) is 3.70. The van der Waals surface area contributed by atoms with Crippen molar-refractivity contribution in [2.24, 2.45) is 0 Å². The van der Waals surface area contributed by atoms with Crippen LogP contribution >= 0.6 is 11.6 Å². The Kier molecular flexibility index (Phi) is 4.74. The Labute approximate surface area is 99.2 Å². The van der Waals surface area contributed by atoms with Crippen LogP contribution in [-0.4, -0.2) is 16.9 Å². The number of amides is 1. The predicted octanol–water partition coefficient (Wildman–Crippen LogP) is 2.16. The van der Waals surface area contributed by atoms with Crippen molar-refractivity contribution in [2.75, 3.05) is 0 Å². The fraction of sp³-hybridized carbons (Fsp3) is 0.364. The van der Waals surface area contributed by atoms with Crippen LogP contribution < -0.4 is 5.32 Å². The van der Waals surface area contributed by atoms with Crippen molar-refractivity contribution in [1.82, 2.24) is 10.3 Å². The standard InChI is InChI=1S/C11H12ClN3O/c1-2-8(3-5-13)15-11(16)9-4-6-14-7-10(9)12/h4,6-8H,2-3H2,1H3,(H,15,16). The van der Waals surface area contributed by atoms with Gasteiger partial charge in [0.2, 0.25) is 0 Å².